The highest BCUT2D eigenvalue weighted by Crippen LogP contribution is 2.39. The van der Waals surface area contributed by atoms with Crippen LogP contribution in [0.2, 0.25) is 0 Å². The molecular weight excluding hydrogens is 751 g/mol. The maximum absolute atomic E-state index is 9.21. The van der Waals surface area contributed by atoms with Crippen molar-refractivity contribution >= 4 is 49.6 Å². The van der Waals surface area contributed by atoms with Crippen LogP contribution in [0.3, 0.4) is 0 Å². The lowest BCUT2D eigenvalue weighted by Crippen LogP contribution is -2.10. The van der Waals surface area contributed by atoms with Crippen LogP contribution in [0.1, 0.15) is 5.56 Å². The van der Waals surface area contributed by atoms with Crippen molar-refractivity contribution < 1.29 is 0 Å². The largest absolute Gasteiger partial charge is 0.311 e. The zero-order valence-corrected chi connectivity index (χ0v) is 33.9. The number of nitrogens with zero attached hydrogens (tertiary/aromatic N) is 3. The molecule has 1 aromatic heterocycles. The van der Waals surface area contributed by atoms with Crippen LogP contribution in [0.15, 0.2) is 237 Å². The Morgan fingerprint density at radius 1 is 0.323 bits per heavy atom. The Balaban J connectivity index is 0.925. The number of benzene rings is 10. The zero-order valence-electron chi connectivity index (χ0n) is 33.9. The summed E-state index contributed by atoms with van der Waals surface area (Å²) < 4.78 is 2.36. The number of hydrogen-bond donors (Lipinski definition) is 0. The highest BCUT2D eigenvalue weighted by atomic mass is 15.1. The van der Waals surface area contributed by atoms with E-state index in [1.54, 1.807) is 0 Å². The number of anilines is 3. The molecular formula is C59H39N3. The molecule has 11 rings (SSSR count). The molecule has 3 heteroatoms. The molecule has 0 aliphatic heterocycles. The summed E-state index contributed by atoms with van der Waals surface area (Å²) in [7, 11) is 0. The Morgan fingerprint density at radius 2 is 0.677 bits per heavy atom. The summed E-state index contributed by atoms with van der Waals surface area (Å²) in [5.41, 5.74) is 16.7. The summed E-state index contributed by atoms with van der Waals surface area (Å²) >= 11 is 0. The topological polar surface area (TPSA) is 32.0 Å². The number of fused-ring (bicyclic) bond motifs is 4. The van der Waals surface area contributed by atoms with Crippen molar-refractivity contribution in [3.8, 4) is 56.3 Å². The monoisotopic (exact) mass is 789 g/mol. The Kier molecular flexibility index (Phi) is 9.23. The average molecular weight is 790 g/mol. The maximum Gasteiger partial charge on any atom is 0.0991 e. The molecule has 0 aliphatic carbocycles. The van der Waals surface area contributed by atoms with Gasteiger partial charge in [0, 0.05) is 33.5 Å². The Labute approximate surface area is 361 Å². The van der Waals surface area contributed by atoms with Crippen molar-refractivity contribution in [2.75, 3.05) is 4.90 Å². The molecule has 290 valence electrons. The molecule has 0 unspecified atom stereocenters. The third-order valence-electron chi connectivity index (χ3n) is 12.1. The molecule has 62 heavy (non-hydrogen) atoms. The summed E-state index contributed by atoms with van der Waals surface area (Å²) in [6.45, 7) is 0. The Bertz CT molecular complexity index is 3360. The van der Waals surface area contributed by atoms with Crippen LogP contribution in [0, 0.1) is 11.3 Å². The molecule has 0 amide bonds. The van der Waals surface area contributed by atoms with Gasteiger partial charge in [0.25, 0.3) is 0 Å². The predicted octanol–water partition coefficient (Wildman–Crippen LogP) is 15.9. The predicted molar refractivity (Wildman–Crippen MR) is 259 cm³/mol. The van der Waals surface area contributed by atoms with E-state index in [2.05, 4.69) is 228 Å². The second-order valence-electron chi connectivity index (χ2n) is 15.7. The number of nitriles is 1. The van der Waals surface area contributed by atoms with Gasteiger partial charge in [-0.3, -0.25) is 0 Å². The van der Waals surface area contributed by atoms with Gasteiger partial charge in [0.15, 0.2) is 0 Å². The van der Waals surface area contributed by atoms with Gasteiger partial charge in [-0.1, -0.05) is 158 Å². The molecule has 0 aliphatic rings. The van der Waals surface area contributed by atoms with Gasteiger partial charge < -0.3 is 9.47 Å². The van der Waals surface area contributed by atoms with Crippen molar-refractivity contribution in [2.24, 2.45) is 0 Å². The normalized spacial score (nSPS) is 11.2. The number of aromatic nitrogens is 1. The van der Waals surface area contributed by atoms with E-state index in [0.717, 1.165) is 45.0 Å². The van der Waals surface area contributed by atoms with Gasteiger partial charge >= 0.3 is 0 Å². The first-order valence-corrected chi connectivity index (χ1v) is 21.0. The number of para-hydroxylation sites is 2. The van der Waals surface area contributed by atoms with E-state index < -0.39 is 0 Å². The summed E-state index contributed by atoms with van der Waals surface area (Å²) in [6, 6.07) is 86.6. The van der Waals surface area contributed by atoms with Crippen LogP contribution in [0.25, 0.3) is 82.8 Å². The van der Waals surface area contributed by atoms with Crippen molar-refractivity contribution in [3.05, 3.63) is 242 Å². The average Bonchev–Trinajstić information content (AvgIpc) is 3.69. The zero-order chi connectivity index (χ0) is 41.4. The van der Waals surface area contributed by atoms with Crippen molar-refractivity contribution in [1.29, 1.82) is 5.26 Å². The third-order valence-corrected chi connectivity index (χ3v) is 12.1. The molecule has 0 N–H and O–H groups in total. The van der Waals surface area contributed by atoms with Crippen molar-refractivity contribution in [3.63, 3.8) is 0 Å². The first-order chi connectivity index (χ1) is 30.7. The minimum atomic E-state index is 0.664. The van der Waals surface area contributed by atoms with Gasteiger partial charge in [-0.05, 0) is 134 Å². The van der Waals surface area contributed by atoms with Gasteiger partial charge in [0.1, 0.15) is 0 Å². The fourth-order valence-corrected chi connectivity index (χ4v) is 8.82. The molecule has 0 atom stereocenters. The van der Waals surface area contributed by atoms with Gasteiger partial charge in [0.05, 0.1) is 22.7 Å². The van der Waals surface area contributed by atoms with Gasteiger partial charge in [-0.25, -0.2) is 0 Å². The van der Waals surface area contributed by atoms with E-state index in [-0.39, 0.29) is 0 Å². The van der Waals surface area contributed by atoms with E-state index >= 15 is 0 Å². The summed E-state index contributed by atoms with van der Waals surface area (Å²) in [5, 5.41) is 14.2. The van der Waals surface area contributed by atoms with Crippen LogP contribution in [0.4, 0.5) is 17.1 Å². The summed E-state index contributed by atoms with van der Waals surface area (Å²) in [4.78, 5) is 2.33. The fraction of sp³-hybridized carbons (Fsp3) is 0. The molecule has 0 spiro atoms. The lowest BCUT2D eigenvalue weighted by Gasteiger charge is -2.26. The van der Waals surface area contributed by atoms with Crippen LogP contribution < -0.4 is 4.90 Å². The molecule has 1 heterocycles. The standard InChI is InChI=1S/C59H39N3/c60-40-41-13-15-43(16-14-41)44-17-19-45(20-18-44)47-27-31-52(32-28-47)61(54-35-37-55(38-36-54)62-58-11-5-3-9-56(58)57-10-4-6-12-59(57)62)53-33-29-48(30-34-53)46-21-23-49(24-22-46)51-26-25-42-7-1-2-8-50(42)39-51/h1-39H. The SMILES string of the molecule is N#Cc1ccc(-c2ccc(-c3ccc(N(c4ccc(-c5ccc(-c6ccc7ccccc7c6)cc5)cc4)c4ccc(-n5c6ccccc6c6ccccc65)cc4)cc3)cc2)cc1. The van der Waals surface area contributed by atoms with Gasteiger partial charge in [-0.2, -0.15) is 5.26 Å². The van der Waals surface area contributed by atoms with E-state index in [9.17, 15) is 5.26 Å². The highest BCUT2D eigenvalue weighted by Gasteiger charge is 2.16. The first-order valence-electron chi connectivity index (χ1n) is 21.0. The highest BCUT2D eigenvalue weighted by molar-refractivity contribution is 6.09. The number of hydrogen-bond acceptors (Lipinski definition) is 2. The minimum Gasteiger partial charge on any atom is -0.311 e. The van der Waals surface area contributed by atoms with E-state index in [1.807, 2.05) is 24.3 Å². The molecule has 0 saturated carbocycles. The van der Waals surface area contributed by atoms with Crippen LogP contribution in [0.5, 0.6) is 0 Å². The molecule has 10 aromatic carbocycles. The maximum atomic E-state index is 9.21. The number of rotatable bonds is 8. The summed E-state index contributed by atoms with van der Waals surface area (Å²) in [6.07, 6.45) is 0. The van der Waals surface area contributed by atoms with E-state index in [4.69, 9.17) is 0 Å². The molecule has 3 nitrogen and oxygen atoms in total. The molecule has 0 saturated heterocycles. The molecule has 11 aromatic rings. The second-order valence-corrected chi connectivity index (χ2v) is 15.7. The van der Waals surface area contributed by atoms with Crippen LogP contribution in [-0.2, 0) is 0 Å². The van der Waals surface area contributed by atoms with Crippen molar-refractivity contribution in [1.82, 2.24) is 4.57 Å². The van der Waals surface area contributed by atoms with Crippen LogP contribution in [-0.4, -0.2) is 4.57 Å². The summed E-state index contributed by atoms with van der Waals surface area (Å²) in [5.74, 6) is 0. The second kappa shape index (κ2) is 15.6. The first kappa shape index (κ1) is 36.6. The molecule has 0 bridgehead atoms. The Morgan fingerprint density at radius 3 is 1.15 bits per heavy atom. The van der Waals surface area contributed by atoms with Crippen LogP contribution >= 0.6 is 0 Å². The fourth-order valence-electron chi connectivity index (χ4n) is 8.82. The van der Waals surface area contributed by atoms with Gasteiger partial charge in [0.2, 0.25) is 0 Å². The lowest BCUT2D eigenvalue weighted by atomic mass is 9.98. The quantitative estimate of drug-likeness (QED) is 0.154. The lowest BCUT2D eigenvalue weighted by molar-refractivity contribution is 1.17. The van der Waals surface area contributed by atoms with Gasteiger partial charge in [-0.15, -0.1) is 0 Å². The Hall–Kier alpha value is -8.45. The smallest absolute Gasteiger partial charge is 0.0991 e. The molecule has 0 radical (unpaired) electrons. The van der Waals surface area contributed by atoms with Crippen molar-refractivity contribution in [2.45, 2.75) is 0 Å². The minimum absolute atomic E-state index is 0.664. The van der Waals surface area contributed by atoms with E-state index in [1.165, 1.54) is 54.8 Å². The van der Waals surface area contributed by atoms with E-state index in [0.29, 0.717) is 5.56 Å². The third kappa shape index (κ3) is 6.76. The molecule has 0 fully saturated rings.